The van der Waals surface area contributed by atoms with Crippen molar-refractivity contribution in [2.45, 2.75) is 25.7 Å². The Morgan fingerprint density at radius 2 is 1.95 bits per heavy atom. The van der Waals surface area contributed by atoms with Gasteiger partial charge in [-0.3, -0.25) is 9.59 Å². The van der Waals surface area contributed by atoms with Gasteiger partial charge in [0.05, 0.1) is 4.47 Å². The lowest BCUT2D eigenvalue weighted by molar-refractivity contribution is -0.133. The van der Waals surface area contributed by atoms with Crippen LogP contribution in [0.1, 0.15) is 36.0 Å². The monoisotopic (exact) mass is 339 g/mol. The maximum atomic E-state index is 12.1. The highest BCUT2D eigenvalue weighted by atomic mass is 79.9. The fraction of sp³-hybridized carbons (Fsp3) is 0.467. The van der Waals surface area contributed by atoms with Crippen molar-refractivity contribution in [1.82, 2.24) is 4.90 Å². The second-order valence-electron chi connectivity index (χ2n) is 4.89. The van der Waals surface area contributed by atoms with Gasteiger partial charge >= 0.3 is 0 Å². The third-order valence-corrected chi connectivity index (χ3v) is 4.02. The normalized spacial score (nSPS) is 15.6. The minimum absolute atomic E-state index is 0.0262. The maximum Gasteiger partial charge on any atom is 0.260 e. The van der Waals surface area contributed by atoms with Gasteiger partial charge in [-0.05, 0) is 47.0 Å². The highest BCUT2D eigenvalue weighted by Crippen LogP contribution is 2.25. The molecule has 1 aliphatic heterocycles. The maximum absolute atomic E-state index is 12.1. The molecule has 0 unspecified atom stereocenters. The van der Waals surface area contributed by atoms with Gasteiger partial charge in [-0.25, -0.2) is 0 Å². The molecular formula is C15H18BrNO3. The summed E-state index contributed by atoms with van der Waals surface area (Å²) in [7, 11) is 0. The van der Waals surface area contributed by atoms with Crippen LogP contribution in [0.3, 0.4) is 0 Å². The quantitative estimate of drug-likeness (QED) is 0.792. The largest absolute Gasteiger partial charge is 0.483 e. The van der Waals surface area contributed by atoms with E-state index >= 15 is 0 Å². The molecule has 0 saturated carbocycles. The number of likely N-dealkylation sites (tertiary alicyclic amines) is 1. The van der Waals surface area contributed by atoms with Gasteiger partial charge in [0.25, 0.3) is 5.91 Å². The van der Waals surface area contributed by atoms with Gasteiger partial charge in [0.1, 0.15) is 12.0 Å². The average molecular weight is 340 g/mol. The second-order valence-corrected chi connectivity index (χ2v) is 5.75. The Kier molecular flexibility index (Phi) is 5.59. The van der Waals surface area contributed by atoms with E-state index in [9.17, 15) is 9.59 Å². The van der Waals surface area contributed by atoms with E-state index in [1.807, 2.05) is 4.90 Å². The first-order chi connectivity index (χ1) is 9.70. The van der Waals surface area contributed by atoms with Gasteiger partial charge in [-0.1, -0.05) is 12.8 Å². The predicted molar refractivity (Wildman–Crippen MR) is 80.1 cm³/mol. The summed E-state index contributed by atoms with van der Waals surface area (Å²) < 4.78 is 6.22. The number of carbonyl (C=O) groups is 2. The SMILES string of the molecule is O=Cc1ccc(OCC(=O)N2CCCCCC2)c(Br)c1. The Morgan fingerprint density at radius 1 is 1.25 bits per heavy atom. The van der Waals surface area contributed by atoms with Crippen molar-refractivity contribution in [3.8, 4) is 5.75 Å². The first kappa shape index (κ1) is 15.0. The van der Waals surface area contributed by atoms with Crippen molar-refractivity contribution in [1.29, 1.82) is 0 Å². The van der Waals surface area contributed by atoms with Crippen LogP contribution in [0, 0.1) is 0 Å². The summed E-state index contributed by atoms with van der Waals surface area (Å²) in [6.45, 7) is 1.69. The summed E-state index contributed by atoms with van der Waals surface area (Å²) in [6, 6.07) is 5.05. The molecule has 1 saturated heterocycles. The molecule has 20 heavy (non-hydrogen) atoms. The lowest BCUT2D eigenvalue weighted by Gasteiger charge is -2.20. The van der Waals surface area contributed by atoms with E-state index in [-0.39, 0.29) is 12.5 Å². The lowest BCUT2D eigenvalue weighted by atomic mass is 10.2. The Hall–Kier alpha value is -1.36. The summed E-state index contributed by atoms with van der Waals surface area (Å²) in [6.07, 6.45) is 5.32. The third-order valence-electron chi connectivity index (χ3n) is 3.40. The van der Waals surface area contributed by atoms with E-state index in [2.05, 4.69) is 15.9 Å². The van der Waals surface area contributed by atoms with Gasteiger partial charge in [-0.2, -0.15) is 0 Å². The Bertz CT molecular complexity index is 482. The van der Waals surface area contributed by atoms with E-state index in [1.54, 1.807) is 18.2 Å². The van der Waals surface area contributed by atoms with Crippen LogP contribution < -0.4 is 4.74 Å². The number of rotatable bonds is 4. The fourth-order valence-electron chi connectivity index (χ4n) is 2.26. The van der Waals surface area contributed by atoms with Crippen molar-refractivity contribution in [2.24, 2.45) is 0 Å². The van der Waals surface area contributed by atoms with Crippen LogP contribution in [0.4, 0.5) is 0 Å². The molecule has 1 fully saturated rings. The highest BCUT2D eigenvalue weighted by molar-refractivity contribution is 9.10. The van der Waals surface area contributed by atoms with Crippen LogP contribution in [0.15, 0.2) is 22.7 Å². The molecule has 0 spiro atoms. The molecule has 1 aromatic rings. The van der Waals surface area contributed by atoms with Crippen molar-refractivity contribution >= 4 is 28.1 Å². The molecule has 0 aliphatic carbocycles. The van der Waals surface area contributed by atoms with Crippen LogP contribution >= 0.6 is 15.9 Å². The molecule has 1 aromatic carbocycles. The van der Waals surface area contributed by atoms with Crippen molar-refractivity contribution in [3.63, 3.8) is 0 Å². The molecule has 0 N–H and O–H groups in total. The summed E-state index contributed by atoms with van der Waals surface area (Å²) >= 11 is 3.34. The third kappa shape index (κ3) is 4.07. The number of hydrogen-bond donors (Lipinski definition) is 0. The molecule has 5 heteroatoms. The molecule has 0 bridgehead atoms. The molecule has 2 rings (SSSR count). The summed E-state index contributed by atoms with van der Waals surface area (Å²) in [5, 5.41) is 0. The van der Waals surface area contributed by atoms with E-state index < -0.39 is 0 Å². The van der Waals surface area contributed by atoms with Crippen LogP contribution in [0.25, 0.3) is 0 Å². The topological polar surface area (TPSA) is 46.6 Å². The van der Waals surface area contributed by atoms with Gasteiger partial charge in [0.2, 0.25) is 0 Å². The summed E-state index contributed by atoms with van der Waals surface area (Å²) in [4.78, 5) is 24.6. The molecule has 0 atom stereocenters. The lowest BCUT2D eigenvalue weighted by Crippen LogP contribution is -2.35. The fourth-order valence-corrected chi connectivity index (χ4v) is 2.77. The van der Waals surface area contributed by atoms with Gasteiger partial charge in [0, 0.05) is 18.7 Å². The number of carbonyl (C=O) groups excluding carboxylic acids is 2. The standard InChI is InChI=1S/C15H18BrNO3/c16-13-9-12(10-18)5-6-14(13)20-11-15(19)17-7-3-1-2-4-8-17/h5-6,9-10H,1-4,7-8,11H2. The Balaban J connectivity index is 1.90. The van der Waals surface area contributed by atoms with Crippen molar-refractivity contribution < 1.29 is 14.3 Å². The van der Waals surface area contributed by atoms with Gasteiger partial charge < -0.3 is 9.64 Å². The molecular weight excluding hydrogens is 322 g/mol. The number of hydrogen-bond acceptors (Lipinski definition) is 3. The van der Waals surface area contributed by atoms with Crippen LogP contribution in [0.2, 0.25) is 0 Å². The molecule has 1 aliphatic rings. The van der Waals surface area contributed by atoms with Gasteiger partial charge in [0.15, 0.2) is 6.61 Å². The smallest absolute Gasteiger partial charge is 0.260 e. The van der Waals surface area contributed by atoms with Crippen LogP contribution in [-0.4, -0.2) is 36.8 Å². The highest BCUT2D eigenvalue weighted by Gasteiger charge is 2.16. The summed E-state index contributed by atoms with van der Waals surface area (Å²) in [5.41, 5.74) is 0.572. The molecule has 0 aromatic heterocycles. The molecule has 108 valence electrons. The summed E-state index contributed by atoms with van der Waals surface area (Å²) in [5.74, 6) is 0.608. The van der Waals surface area contributed by atoms with Crippen LogP contribution in [0.5, 0.6) is 5.75 Å². The van der Waals surface area contributed by atoms with Crippen LogP contribution in [-0.2, 0) is 4.79 Å². The minimum atomic E-state index is 0.0262. The Morgan fingerprint density at radius 3 is 2.55 bits per heavy atom. The molecule has 4 nitrogen and oxygen atoms in total. The minimum Gasteiger partial charge on any atom is -0.483 e. The van der Waals surface area contributed by atoms with Crippen molar-refractivity contribution in [3.05, 3.63) is 28.2 Å². The molecule has 1 amide bonds. The number of aldehydes is 1. The first-order valence-corrected chi connectivity index (χ1v) is 7.65. The van der Waals surface area contributed by atoms with E-state index in [0.29, 0.717) is 15.8 Å². The number of nitrogens with zero attached hydrogens (tertiary/aromatic N) is 1. The number of benzene rings is 1. The zero-order chi connectivity index (χ0) is 14.4. The number of ether oxygens (including phenoxy) is 1. The van der Waals surface area contributed by atoms with Gasteiger partial charge in [-0.15, -0.1) is 0 Å². The number of amides is 1. The molecule has 0 radical (unpaired) electrons. The second kappa shape index (κ2) is 7.43. The predicted octanol–water partition coefficient (Wildman–Crippen LogP) is 3.04. The van der Waals surface area contributed by atoms with E-state index in [4.69, 9.17) is 4.74 Å². The first-order valence-electron chi connectivity index (χ1n) is 6.86. The van der Waals surface area contributed by atoms with E-state index in [0.717, 1.165) is 32.2 Å². The Labute approximate surface area is 127 Å². The molecule has 1 heterocycles. The zero-order valence-corrected chi connectivity index (χ0v) is 12.9. The van der Waals surface area contributed by atoms with Crippen molar-refractivity contribution in [2.75, 3.05) is 19.7 Å². The number of halogens is 1. The van der Waals surface area contributed by atoms with E-state index in [1.165, 1.54) is 12.8 Å². The zero-order valence-electron chi connectivity index (χ0n) is 11.3. The average Bonchev–Trinajstić information content (AvgIpc) is 2.74.